The van der Waals surface area contributed by atoms with Gasteiger partial charge in [-0.1, -0.05) is 17.7 Å². The molecule has 2 aromatic heterocycles. The lowest BCUT2D eigenvalue weighted by Gasteiger charge is -2.07. The van der Waals surface area contributed by atoms with Crippen molar-refractivity contribution < 1.29 is 9.32 Å². The molecular formula is C22H19N3O3S. The molecule has 146 valence electrons. The van der Waals surface area contributed by atoms with Crippen molar-refractivity contribution in [2.24, 2.45) is 0 Å². The zero-order chi connectivity index (χ0) is 20.4. The lowest BCUT2D eigenvalue weighted by atomic mass is 10.1. The van der Waals surface area contributed by atoms with E-state index in [1.807, 2.05) is 55.5 Å². The highest BCUT2D eigenvalue weighted by Crippen LogP contribution is 2.24. The van der Waals surface area contributed by atoms with Crippen LogP contribution in [0.4, 0.5) is 5.69 Å². The van der Waals surface area contributed by atoms with Gasteiger partial charge in [-0.05, 0) is 50.2 Å². The standard InChI is InChI=1S/C22H19N3O3S/c1-14-3-5-16(6-4-14)22(27)24-17-7-9-19(10-8-17)29-13-18-12-21(26)25-20(23-18)11-15(2)28-25/h3-12H,13H2,1-2H3,(H,24,27). The maximum Gasteiger partial charge on any atom is 0.287 e. The molecular weight excluding hydrogens is 386 g/mol. The molecule has 0 spiro atoms. The Balaban J connectivity index is 1.40. The van der Waals surface area contributed by atoms with Gasteiger partial charge in [-0.2, -0.15) is 0 Å². The summed E-state index contributed by atoms with van der Waals surface area (Å²) in [6.45, 7) is 3.76. The van der Waals surface area contributed by atoms with Crippen molar-refractivity contribution in [2.45, 2.75) is 24.5 Å². The van der Waals surface area contributed by atoms with E-state index >= 15 is 0 Å². The van der Waals surface area contributed by atoms with Crippen molar-refractivity contribution in [3.8, 4) is 0 Å². The van der Waals surface area contributed by atoms with Gasteiger partial charge >= 0.3 is 0 Å². The number of nitrogens with zero attached hydrogens (tertiary/aromatic N) is 2. The molecule has 0 unspecified atom stereocenters. The van der Waals surface area contributed by atoms with Gasteiger partial charge in [0.05, 0.1) is 5.69 Å². The van der Waals surface area contributed by atoms with Crippen LogP contribution >= 0.6 is 11.8 Å². The van der Waals surface area contributed by atoms with E-state index in [-0.39, 0.29) is 11.5 Å². The van der Waals surface area contributed by atoms with E-state index in [1.165, 1.54) is 10.6 Å². The van der Waals surface area contributed by atoms with Crippen molar-refractivity contribution in [3.05, 3.63) is 93.6 Å². The zero-order valence-electron chi connectivity index (χ0n) is 16.0. The first-order chi connectivity index (χ1) is 14.0. The largest absolute Gasteiger partial charge is 0.375 e. The Morgan fingerprint density at radius 3 is 2.52 bits per heavy atom. The molecule has 0 bridgehead atoms. The third-order valence-electron chi connectivity index (χ3n) is 4.34. The molecule has 0 aliphatic rings. The monoisotopic (exact) mass is 405 g/mol. The number of rotatable bonds is 5. The molecule has 0 aliphatic heterocycles. The number of thioether (sulfide) groups is 1. The van der Waals surface area contributed by atoms with Crippen LogP contribution in [0.1, 0.15) is 27.4 Å². The first-order valence-electron chi connectivity index (χ1n) is 9.08. The number of carbonyl (C=O) groups is 1. The minimum atomic E-state index is -0.229. The first kappa shape index (κ1) is 19.0. The number of fused-ring (bicyclic) bond motifs is 1. The SMILES string of the molecule is Cc1ccc(C(=O)Nc2ccc(SCc3cc(=O)n4oc(C)cc4n3)cc2)cc1. The summed E-state index contributed by atoms with van der Waals surface area (Å²) < 4.78 is 6.49. The molecule has 4 rings (SSSR count). The van der Waals surface area contributed by atoms with Crippen molar-refractivity contribution in [1.82, 2.24) is 9.56 Å². The smallest absolute Gasteiger partial charge is 0.287 e. The number of hydrogen-bond donors (Lipinski definition) is 1. The van der Waals surface area contributed by atoms with Gasteiger partial charge in [-0.3, -0.25) is 9.59 Å². The summed E-state index contributed by atoms with van der Waals surface area (Å²) in [6, 6.07) is 18.3. The van der Waals surface area contributed by atoms with Crippen LogP contribution < -0.4 is 10.9 Å². The molecule has 2 aromatic carbocycles. The summed E-state index contributed by atoms with van der Waals surface area (Å²) in [5.74, 6) is 1.06. The van der Waals surface area contributed by atoms with Crippen LogP contribution in [-0.2, 0) is 5.75 Å². The predicted molar refractivity (Wildman–Crippen MR) is 114 cm³/mol. The van der Waals surface area contributed by atoms with Gasteiger partial charge in [0.2, 0.25) is 0 Å². The van der Waals surface area contributed by atoms with Crippen LogP contribution in [0.2, 0.25) is 0 Å². The van der Waals surface area contributed by atoms with Gasteiger partial charge < -0.3 is 9.84 Å². The topological polar surface area (TPSA) is 76.6 Å². The minimum absolute atomic E-state index is 0.140. The Bertz CT molecular complexity index is 1230. The van der Waals surface area contributed by atoms with E-state index < -0.39 is 0 Å². The Kier molecular flexibility index (Phi) is 5.22. The van der Waals surface area contributed by atoms with Crippen molar-refractivity contribution in [3.63, 3.8) is 0 Å². The average Bonchev–Trinajstić information content (AvgIpc) is 3.09. The van der Waals surface area contributed by atoms with E-state index in [4.69, 9.17) is 4.52 Å². The molecule has 0 fully saturated rings. The second-order valence-electron chi connectivity index (χ2n) is 6.72. The minimum Gasteiger partial charge on any atom is -0.375 e. The summed E-state index contributed by atoms with van der Waals surface area (Å²) >= 11 is 1.57. The van der Waals surface area contributed by atoms with Crippen LogP contribution in [0.25, 0.3) is 5.65 Å². The number of anilines is 1. The molecule has 0 atom stereocenters. The first-order valence-corrected chi connectivity index (χ1v) is 10.1. The number of benzene rings is 2. The van der Waals surface area contributed by atoms with Crippen molar-refractivity contribution >= 4 is 29.0 Å². The van der Waals surface area contributed by atoms with Crippen LogP contribution in [-0.4, -0.2) is 15.5 Å². The molecule has 1 amide bonds. The lowest BCUT2D eigenvalue weighted by molar-refractivity contribution is 0.102. The van der Waals surface area contributed by atoms with Gasteiger partial charge in [0.15, 0.2) is 5.65 Å². The third-order valence-corrected chi connectivity index (χ3v) is 5.38. The Labute approximate surface area is 171 Å². The van der Waals surface area contributed by atoms with Gasteiger partial charge in [-0.15, -0.1) is 16.3 Å². The van der Waals surface area contributed by atoms with Crippen LogP contribution in [0.5, 0.6) is 0 Å². The summed E-state index contributed by atoms with van der Waals surface area (Å²) in [5.41, 5.74) is 3.44. The van der Waals surface area contributed by atoms with E-state index in [1.54, 1.807) is 24.8 Å². The number of aromatic nitrogens is 2. The van der Waals surface area contributed by atoms with Crippen molar-refractivity contribution in [1.29, 1.82) is 0 Å². The van der Waals surface area contributed by atoms with Gasteiger partial charge in [0.25, 0.3) is 11.5 Å². The van der Waals surface area contributed by atoms with Crippen LogP contribution in [0, 0.1) is 13.8 Å². The molecule has 4 aromatic rings. The van der Waals surface area contributed by atoms with Crippen LogP contribution in [0.15, 0.2) is 74.9 Å². The third kappa shape index (κ3) is 4.41. The molecule has 0 saturated carbocycles. The predicted octanol–water partition coefficient (Wildman–Crippen LogP) is 4.45. The van der Waals surface area contributed by atoms with Gasteiger partial charge in [0, 0.05) is 34.0 Å². The zero-order valence-corrected chi connectivity index (χ0v) is 16.8. The van der Waals surface area contributed by atoms with E-state index in [2.05, 4.69) is 10.3 Å². The molecule has 0 saturated heterocycles. The van der Waals surface area contributed by atoms with E-state index in [0.29, 0.717) is 28.4 Å². The fraction of sp³-hybridized carbons (Fsp3) is 0.136. The summed E-state index contributed by atoms with van der Waals surface area (Å²) in [5, 5.41) is 2.89. The van der Waals surface area contributed by atoms with Gasteiger partial charge in [0.1, 0.15) is 5.76 Å². The molecule has 6 nitrogen and oxygen atoms in total. The molecule has 29 heavy (non-hydrogen) atoms. The molecule has 0 aliphatic carbocycles. The second-order valence-corrected chi connectivity index (χ2v) is 7.77. The normalized spacial score (nSPS) is 11.0. The lowest BCUT2D eigenvalue weighted by Crippen LogP contribution is -2.12. The summed E-state index contributed by atoms with van der Waals surface area (Å²) in [6.07, 6.45) is 0. The quantitative estimate of drug-likeness (QED) is 0.497. The Morgan fingerprint density at radius 2 is 1.79 bits per heavy atom. The number of amides is 1. The summed E-state index contributed by atoms with van der Waals surface area (Å²) in [4.78, 5) is 29.9. The molecule has 0 radical (unpaired) electrons. The van der Waals surface area contributed by atoms with E-state index in [9.17, 15) is 9.59 Å². The van der Waals surface area contributed by atoms with E-state index in [0.717, 1.165) is 16.1 Å². The molecule has 7 heteroatoms. The number of nitrogens with one attached hydrogen (secondary N) is 1. The fourth-order valence-corrected chi connectivity index (χ4v) is 3.64. The maximum absolute atomic E-state index is 12.3. The highest BCUT2D eigenvalue weighted by Gasteiger charge is 2.08. The fourth-order valence-electron chi connectivity index (χ4n) is 2.85. The maximum atomic E-state index is 12.3. The molecule has 2 heterocycles. The Morgan fingerprint density at radius 1 is 1.07 bits per heavy atom. The number of aryl methyl sites for hydroxylation is 2. The van der Waals surface area contributed by atoms with Gasteiger partial charge in [-0.25, -0.2) is 4.98 Å². The van der Waals surface area contributed by atoms with Crippen LogP contribution in [0.3, 0.4) is 0 Å². The highest BCUT2D eigenvalue weighted by molar-refractivity contribution is 7.98. The number of hydrogen-bond acceptors (Lipinski definition) is 5. The second kappa shape index (κ2) is 7.97. The summed E-state index contributed by atoms with van der Waals surface area (Å²) in [7, 11) is 0. The Hall–Kier alpha value is -3.32. The number of carbonyl (C=O) groups excluding carboxylic acids is 1. The highest BCUT2D eigenvalue weighted by atomic mass is 32.2. The molecule has 1 N–H and O–H groups in total. The average molecular weight is 405 g/mol. The van der Waals surface area contributed by atoms with Crippen molar-refractivity contribution in [2.75, 3.05) is 5.32 Å².